The molecule has 0 aliphatic carbocycles. The number of carboxylic acids is 1. The molecule has 1 aromatic carbocycles. The van der Waals surface area contributed by atoms with Crippen molar-refractivity contribution < 1.29 is 14.7 Å². The van der Waals surface area contributed by atoms with Crippen molar-refractivity contribution in [3.8, 4) is 0 Å². The number of carbonyl (C=O) groups excluding carboxylic acids is 1. The molecule has 2 rings (SSSR count). The SMILES string of the molecule is Nc1ccc2c(c1)CCC(=O)N2CCCCC(=O)O. The van der Waals surface area contributed by atoms with Gasteiger partial charge in [0.25, 0.3) is 0 Å². The fourth-order valence-electron chi connectivity index (χ4n) is 2.37. The highest BCUT2D eigenvalue weighted by Gasteiger charge is 2.23. The monoisotopic (exact) mass is 262 g/mol. The van der Waals surface area contributed by atoms with Gasteiger partial charge in [0.05, 0.1) is 0 Å². The zero-order valence-electron chi connectivity index (χ0n) is 10.8. The highest BCUT2D eigenvalue weighted by atomic mass is 16.4. The van der Waals surface area contributed by atoms with Crippen molar-refractivity contribution in [1.82, 2.24) is 0 Å². The van der Waals surface area contributed by atoms with Crippen molar-refractivity contribution in [2.45, 2.75) is 32.1 Å². The van der Waals surface area contributed by atoms with Crippen LogP contribution in [0.25, 0.3) is 0 Å². The summed E-state index contributed by atoms with van der Waals surface area (Å²) in [6.45, 7) is 0.572. The minimum absolute atomic E-state index is 0.104. The Balaban J connectivity index is 2.04. The van der Waals surface area contributed by atoms with E-state index < -0.39 is 5.97 Å². The lowest BCUT2D eigenvalue weighted by Gasteiger charge is -2.29. The van der Waals surface area contributed by atoms with Crippen molar-refractivity contribution >= 4 is 23.3 Å². The maximum atomic E-state index is 11.9. The van der Waals surface area contributed by atoms with E-state index >= 15 is 0 Å². The molecular formula is C14H18N2O3. The maximum absolute atomic E-state index is 11.9. The molecule has 1 amide bonds. The number of aryl methyl sites for hydroxylation is 1. The van der Waals surface area contributed by atoms with Crippen LogP contribution in [0.4, 0.5) is 11.4 Å². The number of fused-ring (bicyclic) bond motifs is 1. The summed E-state index contributed by atoms with van der Waals surface area (Å²) in [6, 6.07) is 5.58. The normalized spacial score (nSPS) is 14.3. The van der Waals surface area contributed by atoms with E-state index in [1.807, 2.05) is 12.1 Å². The third kappa shape index (κ3) is 3.24. The highest BCUT2D eigenvalue weighted by molar-refractivity contribution is 5.96. The van der Waals surface area contributed by atoms with Crippen molar-refractivity contribution in [3.05, 3.63) is 23.8 Å². The third-order valence-corrected chi connectivity index (χ3v) is 3.33. The number of nitrogens with two attached hydrogens (primary N) is 1. The Hall–Kier alpha value is -2.04. The second-order valence-corrected chi connectivity index (χ2v) is 4.78. The van der Waals surface area contributed by atoms with Crippen LogP contribution in [-0.4, -0.2) is 23.5 Å². The topological polar surface area (TPSA) is 83.6 Å². The van der Waals surface area contributed by atoms with E-state index in [0.717, 1.165) is 17.7 Å². The molecule has 0 fully saturated rings. The number of hydrogen-bond donors (Lipinski definition) is 2. The van der Waals surface area contributed by atoms with Crippen molar-refractivity contribution in [2.75, 3.05) is 17.2 Å². The maximum Gasteiger partial charge on any atom is 0.303 e. The number of hydrogen-bond acceptors (Lipinski definition) is 3. The van der Waals surface area contributed by atoms with Crippen LogP contribution in [0.3, 0.4) is 0 Å². The summed E-state index contributed by atoms with van der Waals surface area (Å²) < 4.78 is 0. The van der Waals surface area contributed by atoms with Gasteiger partial charge in [-0.25, -0.2) is 0 Å². The third-order valence-electron chi connectivity index (χ3n) is 3.33. The largest absolute Gasteiger partial charge is 0.481 e. The van der Waals surface area contributed by atoms with Gasteiger partial charge in [0.1, 0.15) is 0 Å². The minimum Gasteiger partial charge on any atom is -0.481 e. The average Bonchev–Trinajstić information content (AvgIpc) is 2.36. The van der Waals surface area contributed by atoms with Crippen molar-refractivity contribution in [3.63, 3.8) is 0 Å². The van der Waals surface area contributed by atoms with Gasteiger partial charge in [-0.3, -0.25) is 9.59 Å². The average molecular weight is 262 g/mol. The number of aliphatic carboxylic acids is 1. The first-order valence-electron chi connectivity index (χ1n) is 6.48. The Morgan fingerprint density at radius 2 is 2.11 bits per heavy atom. The van der Waals surface area contributed by atoms with E-state index in [2.05, 4.69) is 0 Å². The van der Waals surface area contributed by atoms with E-state index in [1.165, 1.54) is 0 Å². The number of unbranched alkanes of at least 4 members (excludes halogenated alkanes) is 1. The number of rotatable bonds is 5. The lowest BCUT2D eigenvalue weighted by atomic mass is 10.00. The smallest absolute Gasteiger partial charge is 0.303 e. The van der Waals surface area contributed by atoms with Gasteiger partial charge in [-0.2, -0.15) is 0 Å². The minimum atomic E-state index is -0.793. The molecule has 1 aliphatic heterocycles. The summed E-state index contributed by atoms with van der Waals surface area (Å²) in [5.74, 6) is -0.689. The summed E-state index contributed by atoms with van der Waals surface area (Å²) in [7, 11) is 0. The Labute approximate surface area is 112 Å². The molecule has 0 radical (unpaired) electrons. The second kappa shape index (κ2) is 5.73. The number of carbonyl (C=O) groups is 2. The summed E-state index contributed by atoms with van der Waals surface area (Å²) in [6.07, 6.45) is 2.65. The first-order chi connectivity index (χ1) is 9.08. The van der Waals surface area contributed by atoms with Crippen molar-refractivity contribution in [2.24, 2.45) is 0 Å². The Bertz CT molecular complexity index is 499. The lowest BCUT2D eigenvalue weighted by molar-refractivity contribution is -0.137. The molecule has 5 heteroatoms. The predicted octanol–water partition coefficient (Wildman–Crippen LogP) is 1.80. The molecule has 102 valence electrons. The summed E-state index contributed by atoms with van der Waals surface area (Å²) in [5.41, 5.74) is 8.47. The first kappa shape index (κ1) is 13.4. The Morgan fingerprint density at radius 3 is 2.84 bits per heavy atom. The molecule has 0 saturated carbocycles. The van der Waals surface area contributed by atoms with E-state index in [4.69, 9.17) is 10.8 Å². The Kier molecular flexibility index (Phi) is 4.04. The molecule has 5 nitrogen and oxygen atoms in total. The highest BCUT2D eigenvalue weighted by Crippen LogP contribution is 2.29. The van der Waals surface area contributed by atoms with Crippen LogP contribution < -0.4 is 10.6 Å². The fraction of sp³-hybridized carbons (Fsp3) is 0.429. The quantitative estimate of drug-likeness (QED) is 0.626. The van der Waals surface area contributed by atoms with Crippen LogP contribution in [-0.2, 0) is 16.0 Å². The number of benzene rings is 1. The summed E-state index contributed by atoms with van der Waals surface area (Å²) >= 11 is 0. The van der Waals surface area contributed by atoms with E-state index in [0.29, 0.717) is 31.5 Å². The summed E-state index contributed by atoms with van der Waals surface area (Å²) in [4.78, 5) is 24.2. The molecule has 0 aromatic heterocycles. The van der Waals surface area contributed by atoms with Gasteiger partial charge >= 0.3 is 5.97 Å². The zero-order chi connectivity index (χ0) is 13.8. The molecular weight excluding hydrogens is 244 g/mol. The van der Waals surface area contributed by atoms with Crippen LogP contribution in [0.2, 0.25) is 0 Å². The van der Waals surface area contributed by atoms with Crippen LogP contribution in [0, 0.1) is 0 Å². The van der Waals surface area contributed by atoms with Gasteiger partial charge < -0.3 is 15.7 Å². The van der Waals surface area contributed by atoms with E-state index in [1.54, 1.807) is 11.0 Å². The van der Waals surface area contributed by atoms with Crippen LogP contribution in [0.5, 0.6) is 0 Å². The molecule has 19 heavy (non-hydrogen) atoms. The predicted molar refractivity (Wildman–Crippen MR) is 73.0 cm³/mol. The molecule has 1 aliphatic rings. The number of anilines is 2. The van der Waals surface area contributed by atoms with Gasteiger partial charge in [-0.15, -0.1) is 0 Å². The number of nitrogens with zero attached hydrogens (tertiary/aromatic N) is 1. The van der Waals surface area contributed by atoms with Gasteiger partial charge in [0.2, 0.25) is 5.91 Å². The van der Waals surface area contributed by atoms with Gasteiger partial charge in [-0.05, 0) is 43.0 Å². The van der Waals surface area contributed by atoms with Crippen LogP contribution in [0.1, 0.15) is 31.2 Å². The lowest BCUT2D eigenvalue weighted by Crippen LogP contribution is -2.35. The van der Waals surface area contributed by atoms with E-state index in [9.17, 15) is 9.59 Å². The number of amides is 1. The molecule has 0 bridgehead atoms. The first-order valence-corrected chi connectivity index (χ1v) is 6.48. The van der Waals surface area contributed by atoms with E-state index in [-0.39, 0.29) is 12.3 Å². The number of nitrogen functional groups attached to an aromatic ring is 1. The van der Waals surface area contributed by atoms with Crippen LogP contribution in [0.15, 0.2) is 18.2 Å². The van der Waals surface area contributed by atoms with Gasteiger partial charge in [0, 0.05) is 30.8 Å². The van der Waals surface area contributed by atoms with Crippen LogP contribution >= 0.6 is 0 Å². The second-order valence-electron chi connectivity index (χ2n) is 4.78. The molecule has 1 aromatic rings. The number of carboxylic acid groups (broad SMARTS) is 1. The molecule has 0 saturated heterocycles. The van der Waals surface area contributed by atoms with Crippen molar-refractivity contribution in [1.29, 1.82) is 0 Å². The molecule has 1 heterocycles. The molecule has 0 atom stereocenters. The van der Waals surface area contributed by atoms with Gasteiger partial charge in [0.15, 0.2) is 0 Å². The molecule has 0 spiro atoms. The fourth-order valence-corrected chi connectivity index (χ4v) is 2.37. The molecule has 3 N–H and O–H groups in total. The molecule has 0 unspecified atom stereocenters. The Morgan fingerprint density at radius 1 is 1.32 bits per heavy atom. The summed E-state index contributed by atoms with van der Waals surface area (Å²) in [5, 5.41) is 8.60. The standard InChI is InChI=1S/C14H18N2O3/c15-11-5-6-12-10(9-11)4-7-13(17)16(12)8-2-1-3-14(18)19/h5-6,9H,1-4,7-8,15H2,(H,18,19). The van der Waals surface area contributed by atoms with Gasteiger partial charge in [-0.1, -0.05) is 0 Å². The zero-order valence-corrected chi connectivity index (χ0v) is 10.8.